The second-order valence-electron chi connectivity index (χ2n) is 7.38. The summed E-state index contributed by atoms with van der Waals surface area (Å²) in [7, 11) is 0. The first-order valence-electron chi connectivity index (χ1n) is 8.91. The van der Waals surface area contributed by atoms with E-state index >= 15 is 0 Å². The van der Waals surface area contributed by atoms with Crippen molar-refractivity contribution < 1.29 is 18.7 Å². The number of rotatable bonds is 7. The number of halogens is 2. The fourth-order valence-corrected chi connectivity index (χ4v) is 2.18. The minimum Gasteiger partial charge on any atom is -0.394 e. The van der Waals surface area contributed by atoms with Crippen LogP contribution in [0.5, 0.6) is 0 Å². The zero-order valence-corrected chi connectivity index (χ0v) is 16.3. The Labute approximate surface area is 162 Å². The number of hydrogen-bond donors (Lipinski definition) is 4. The van der Waals surface area contributed by atoms with Gasteiger partial charge < -0.3 is 21.1 Å². The summed E-state index contributed by atoms with van der Waals surface area (Å²) >= 11 is 0. The lowest BCUT2D eigenvalue weighted by atomic mass is 9.95. The molecule has 152 valence electrons. The Hall–Kier alpha value is -2.81. The van der Waals surface area contributed by atoms with Crippen LogP contribution >= 0.6 is 0 Å². The van der Waals surface area contributed by atoms with Gasteiger partial charge in [0.25, 0.3) is 0 Å². The summed E-state index contributed by atoms with van der Waals surface area (Å²) in [6.07, 6.45) is 1.55. The van der Waals surface area contributed by atoms with Gasteiger partial charge in [-0.25, -0.2) is 13.8 Å². The zero-order chi connectivity index (χ0) is 20.9. The lowest BCUT2D eigenvalue weighted by Crippen LogP contribution is -2.27. The van der Waals surface area contributed by atoms with Crippen molar-refractivity contribution in [2.24, 2.45) is 5.41 Å². The van der Waals surface area contributed by atoms with E-state index in [1.807, 2.05) is 6.92 Å². The van der Waals surface area contributed by atoms with Crippen LogP contribution in [0.1, 0.15) is 34.1 Å². The standard InChI is InChI=1S/C19H25F2N5O2/c1-5-12(10-27)23-16-15(21)9-22-18(26-16)25-14-7-11(20)6-13(8-14)24-17(28)19(2,3)4/h6-9,12,27H,5,10H2,1-4H3,(H,24,28)(H2,22,23,25,26)/t12-/m0/s1. The third-order valence-electron chi connectivity index (χ3n) is 3.89. The quantitative estimate of drug-likeness (QED) is 0.573. The molecule has 0 radical (unpaired) electrons. The van der Waals surface area contributed by atoms with Gasteiger partial charge in [-0.05, 0) is 24.6 Å². The number of nitrogens with one attached hydrogen (secondary N) is 3. The van der Waals surface area contributed by atoms with Crippen LogP contribution in [0.3, 0.4) is 0 Å². The third kappa shape index (κ3) is 5.85. The predicted octanol–water partition coefficient (Wildman–Crippen LogP) is 3.67. The normalized spacial score (nSPS) is 12.4. The van der Waals surface area contributed by atoms with Gasteiger partial charge in [0, 0.05) is 16.8 Å². The topological polar surface area (TPSA) is 99.2 Å². The van der Waals surface area contributed by atoms with Crippen molar-refractivity contribution >= 4 is 29.0 Å². The van der Waals surface area contributed by atoms with Gasteiger partial charge in [0.15, 0.2) is 11.6 Å². The molecule has 1 aromatic heterocycles. The maximum absolute atomic E-state index is 14.0. The van der Waals surface area contributed by atoms with E-state index in [0.717, 1.165) is 6.20 Å². The minimum atomic E-state index is -0.671. The molecule has 9 heteroatoms. The van der Waals surface area contributed by atoms with Gasteiger partial charge in [0.2, 0.25) is 11.9 Å². The molecule has 2 aromatic rings. The van der Waals surface area contributed by atoms with Crippen LogP contribution in [0.4, 0.5) is 31.9 Å². The smallest absolute Gasteiger partial charge is 0.229 e. The summed E-state index contributed by atoms with van der Waals surface area (Å²) in [6.45, 7) is 6.91. The zero-order valence-electron chi connectivity index (χ0n) is 16.3. The first kappa shape index (κ1) is 21.5. The molecule has 0 saturated carbocycles. The van der Waals surface area contributed by atoms with Crippen molar-refractivity contribution in [2.45, 2.75) is 40.2 Å². The van der Waals surface area contributed by atoms with E-state index in [2.05, 4.69) is 25.9 Å². The molecule has 4 N–H and O–H groups in total. The summed E-state index contributed by atoms with van der Waals surface area (Å²) in [5, 5.41) is 17.5. The molecule has 0 spiro atoms. The van der Waals surface area contributed by atoms with E-state index in [9.17, 15) is 18.7 Å². The van der Waals surface area contributed by atoms with E-state index in [-0.39, 0.29) is 41.7 Å². The van der Waals surface area contributed by atoms with Crippen molar-refractivity contribution in [3.05, 3.63) is 36.0 Å². The number of aliphatic hydroxyl groups is 1. The maximum atomic E-state index is 14.0. The summed E-state index contributed by atoms with van der Waals surface area (Å²) in [5.41, 5.74) is -0.0755. The molecular weight excluding hydrogens is 368 g/mol. The third-order valence-corrected chi connectivity index (χ3v) is 3.89. The minimum absolute atomic E-state index is 0.0374. The molecule has 2 rings (SSSR count). The van der Waals surface area contributed by atoms with Gasteiger partial charge in [0.1, 0.15) is 5.82 Å². The van der Waals surface area contributed by atoms with Crippen LogP contribution < -0.4 is 16.0 Å². The number of amides is 1. The highest BCUT2D eigenvalue weighted by Gasteiger charge is 2.21. The molecule has 0 aliphatic carbocycles. The average molecular weight is 393 g/mol. The monoisotopic (exact) mass is 393 g/mol. The van der Waals surface area contributed by atoms with E-state index in [1.165, 1.54) is 18.2 Å². The average Bonchev–Trinajstić information content (AvgIpc) is 2.60. The van der Waals surface area contributed by atoms with Crippen molar-refractivity contribution in [1.82, 2.24) is 9.97 Å². The van der Waals surface area contributed by atoms with Crippen molar-refractivity contribution in [1.29, 1.82) is 0 Å². The summed E-state index contributed by atoms with van der Waals surface area (Å²) in [5.74, 6) is -1.54. The molecular formula is C19H25F2N5O2. The first-order chi connectivity index (χ1) is 13.1. The Morgan fingerprint density at radius 2 is 1.89 bits per heavy atom. The van der Waals surface area contributed by atoms with Gasteiger partial charge >= 0.3 is 0 Å². The fourth-order valence-electron chi connectivity index (χ4n) is 2.18. The number of nitrogens with zero attached hydrogens (tertiary/aromatic N) is 2. The Bertz CT molecular complexity index is 836. The molecule has 0 bridgehead atoms. The molecule has 28 heavy (non-hydrogen) atoms. The highest BCUT2D eigenvalue weighted by Crippen LogP contribution is 2.24. The lowest BCUT2D eigenvalue weighted by Gasteiger charge is -2.18. The second kappa shape index (κ2) is 8.92. The highest BCUT2D eigenvalue weighted by molar-refractivity contribution is 5.95. The highest BCUT2D eigenvalue weighted by atomic mass is 19.1. The number of aromatic nitrogens is 2. The summed E-state index contributed by atoms with van der Waals surface area (Å²) in [6, 6.07) is 3.57. The Morgan fingerprint density at radius 1 is 1.21 bits per heavy atom. The first-order valence-corrected chi connectivity index (χ1v) is 8.91. The molecule has 1 aromatic carbocycles. The number of carbonyl (C=O) groups is 1. The van der Waals surface area contributed by atoms with Gasteiger partial charge in [-0.2, -0.15) is 4.98 Å². The van der Waals surface area contributed by atoms with Crippen molar-refractivity contribution in [2.75, 3.05) is 22.6 Å². The number of anilines is 4. The van der Waals surface area contributed by atoms with Crippen molar-refractivity contribution in [3.63, 3.8) is 0 Å². The Balaban J connectivity index is 2.22. The van der Waals surface area contributed by atoms with E-state index in [4.69, 9.17) is 0 Å². The SMILES string of the molecule is CC[C@@H](CO)Nc1nc(Nc2cc(F)cc(NC(=O)C(C)(C)C)c2)ncc1F. The number of hydrogen-bond acceptors (Lipinski definition) is 6. The molecule has 0 saturated heterocycles. The van der Waals surface area contributed by atoms with Crippen LogP contribution in [0.15, 0.2) is 24.4 Å². The lowest BCUT2D eigenvalue weighted by molar-refractivity contribution is -0.123. The maximum Gasteiger partial charge on any atom is 0.229 e. The van der Waals surface area contributed by atoms with E-state index < -0.39 is 17.0 Å². The van der Waals surface area contributed by atoms with E-state index in [1.54, 1.807) is 20.8 Å². The molecule has 1 atom stereocenters. The molecule has 1 heterocycles. The van der Waals surface area contributed by atoms with Gasteiger partial charge in [-0.1, -0.05) is 27.7 Å². The van der Waals surface area contributed by atoms with Crippen LogP contribution in [0, 0.1) is 17.0 Å². The fraction of sp³-hybridized carbons (Fsp3) is 0.421. The van der Waals surface area contributed by atoms with E-state index in [0.29, 0.717) is 6.42 Å². The van der Waals surface area contributed by atoms with Crippen LogP contribution in [0.25, 0.3) is 0 Å². The second-order valence-corrected chi connectivity index (χ2v) is 7.38. The number of benzene rings is 1. The van der Waals surface area contributed by atoms with Crippen LogP contribution in [-0.4, -0.2) is 33.6 Å². The molecule has 1 amide bonds. The number of aliphatic hydroxyl groups excluding tert-OH is 1. The van der Waals surface area contributed by atoms with Crippen molar-refractivity contribution in [3.8, 4) is 0 Å². The molecule has 0 aliphatic rings. The van der Waals surface area contributed by atoms with Crippen LogP contribution in [-0.2, 0) is 4.79 Å². The molecule has 0 fully saturated rings. The largest absolute Gasteiger partial charge is 0.394 e. The number of carbonyl (C=O) groups excluding carboxylic acids is 1. The van der Waals surface area contributed by atoms with Gasteiger partial charge in [0.05, 0.1) is 18.8 Å². The molecule has 0 unspecified atom stereocenters. The Morgan fingerprint density at radius 3 is 2.50 bits per heavy atom. The molecule has 0 aliphatic heterocycles. The van der Waals surface area contributed by atoms with Gasteiger partial charge in [-0.3, -0.25) is 4.79 Å². The summed E-state index contributed by atoms with van der Waals surface area (Å²) in [4.78, 5) is 20.0. The summed E-state index contributed by atoms with van der Waals surface area (Å²) < 4.78 is 27.9. The predicted molar refractivity (Wildman–Crippen MR) is 105 cm³/mol. The van der Waals surface area contributed by atoms with Crippen LogP contribution in [0.2, 0.25) is 0 Å². The van der Waals surface area contributed by atoms with Gasteiger partial charge in [-0.15, -0.1) is 0 Å². The molecule has 7 nitrogen and oxygen atoms in total. The Kier molecular flexibility index (Phi) is 6.85.